The van der Waals surface area contributed by atoms with Crippen LogP contribution < -0.4 is 11.1 Å². The van der Waals surface area contributed by atoms with E-state index in [4.69, 9.17) is 5.73 Å². The quantitative estimate of drug-likeness (QED) is 0.838. The first kappa shape index (κ1) is 15.9. The van der Waals surface area contributed by atoms with E-state index in [1.54, 1.807) is 6.07 Å². The number of sulfonamides is 1. The van der Waals surface area contributed by atoms with E-state index in [-0.39, 0.29) is 16.5 Å². The Hall–Kier alpha value is -1.18. The number of nitrogens with one attached hydrogen (secondary N) is 1. The molecule has 0 amide bonds. The number of nitrogens with two attached hydrogens (primary N) is 1. The third-order valence-electron chi connectivity index (χ3n) is 3.10. The smallest absolute Gasteiger partial charge is 0.244 e. The van der Waals surface area contributed by atoms with E-state index in [2.05, 4.69) is 10.3 Å². The van der Waals surface area contributed by atoms with Crippen LogP contribution >= 0.6 is 0 Å². The summed E-state index contributed by atoms with van der Waals surface area (Å²) in [6, 6.07) is 3.10. The van der Waals surface area contributed by atoms with Gasteiger partial charge in [0.25, 0.3) is 0 Å². The molecule has 0 aromatic carbocycles. The van der Waals surface area contributed by atoms with Crippen LogP contribution in [0.3, 0.4) is 0 Å². The number of pyridine rings is 1. The summed E-state index contributed by atoms with van der Waals surface area (Å²) in [5.74, 6) is 0.597. The molecule has 108 valence electrons. The average molecular weight is 286 g/mol. The van der Waals surface area contributed by atoms with Gasteiger partial charge in [0, 0.05) is 31.9 Å². The second-order valence-corrected chi connectivity index (χ2v) is 7.45. The number of anilines is 1. The van der Waals surface area contributed by atoms with Crippen LogP contribution in [0.25, 0.3) is 0 Å². The first-order valence-electron chi connectivity index (χ1n) is 5.99. The van der Waals surface area contributed by atoms with Crippen LogP contribution in [0.15, 0.2) is 23.2 Å². The fraction of sp³-hybridized carbons (Fsp3) is 0.583. The molecule has 1 aromatic heterocycles. The molecule has 1 unspecified atom stereocenters. The van der Waals surface area contributed by atoms with Gasteiger partial charge in [-0.05, 0) is 32.9 Å². The van der Waals surface area contributed by atoms with Gasteiger partial charge in [0.2, 0.25) is 10.0 Å². The zero-order valence-electron chi connectivity index (χ0n) is 12.0. The lowest BCUT2D eigenvalue weighted by atomic mass is 9.97. The van der Waals surface area contributed by atoms with Crippen LogP contribution in [0.2, 0.25) is 0 Å². The van der Waals surface area contributed by atoms with Gasteiger partial charge in [-0.2, -0.15) is 0 Å². The molecule has 19 heavy (non-hydrogen) atoms. The zero-order chi connectivity index (χ0) is 14.8. The monoisotopic (exact) mass is 286 g/mol. The van der Waals surface area contributed by atoms with E-state index in [9.17, 15) is 8.42 Å². The van der Waals surface area contributed by atoms with E-state index in [1.165, 1.54) is 26.4 Å². The van der Waals surface area contributed by atoms with Gasteiger partial charge in [0.1, 0.15) is 10.7 Å². The normalized spacial score (nSPS) is 14.5. The van der Waals surface area contributed by atoms with E-state index < -0.39 is 10.0 Å². The second kappa shape index (κ2) is 5.44. The fourth-order valence-electron chi connectivity index (χ4n) is 1.26. The number of hydrogen-bond donors (Lipinski definition) is 2. The Morgan fingerprint density at radius 1 is 1.37 bits per heavy atom. The van der Waals surface area contributed by atoms with E-state index in [0.717, 1.165) is 4.31 Å². The Kier molecular flexibility index (Phi) is 4.54. The third-order valence-corrected chi connectivity index (χ3v) is 4.90. The lowest BCUT2D eigenvalue weighted by Gasteiger charge is -2.30. The molecule has 7 heteroatoms. The van der Waals surface area contributed by atoms with Gasteiger partial charge in [-0.15, -0.1) is 0 Å². The Bertz CT molecular complexity index is 521. The maximum atomic E-state index is 11.9. The standard InChI is InChI=1S/C12H22N4O2S/c1-9(13)12(2,3)15-11-7-6-10(8-14-11)19(17,18)16(4)5/h6-9H,13H2,1-5H3,(H,14,15). The molecule has 0 saturated heterocycles. The van der Waals surface area contributed by atoms with Gasteiger partial charge in [0.15, 0.2) is 0 Å². The molecular formula is C12H22N4O2S. The Morgan fingerprint density at radius 3 is 2.32 bits per heavy atom. The summed E-state index contributed by atoms with van der Waals surface area (Å²) in [5, 5.41) is 3.18. The molecule has 1 aromatic rings. The Labute approximate surface area is 115 Å². The summed E-state index contributed by atoms with van der Waals surface area (Å²) in [6.45, 7) is 5.82. The molecule has 0 aliphatic heterocycles. The molecule has 3 N–H and O–H groups in total. The minimum absolute atomic E-state index is 0.0699. The minimum Gasteiger partial charge on any atom is -0.364 e. The van der Waals surface area contributed by atoms with Crippen molar-refractivity contribution in [3.63, 3.8) is 0 Å². The predicted octanol–water partition coefficient (Wildman–Crippen LogP) is 0.870. The van der Waals surface area contributed by atoms with Gasteiger partial charge < -0.3 is 11.1 Å². The number of aromatic nitrogens is 1. The molecule has 1 rings (SSSR count). The Balaban J connectivity index is 2.96. The molecule has 1 atom stereocenters. The highest BCUT2D eigenvalue weighted by Crippen LogP contribution is 2.18. The van der Waals surface area contributed by atoms with Crippen molar-refractivity contribution < 1.29 is 8.42 Å². The van der Waals surface area contributed by atoms with Gasteiger partial charge in [-0.3, -0.25) is 0 Å². The minimum atomic E-state index is -3.44. The van der Waals surface area contributed by atoms with Crippen molar-refractivity contribution in [2.45, 2.75) is 37.2 Å². The van der Waals surface area contributed by atoms with E-state index in [0.29, 0.717) is 5.82 Å². The number of hydrogen-bond acceptors (Lipinski definition) is 5. The summed E-state index contributed by atoms with van der Waals surface area (Å²) in [6.07, 6.45) is 1.34. The lowest BCUT2D eigenvalue weighted by molar-refractivity contribution is 0.469. The van der Waals surface area contributed by atoms with E-state index in [1.807, 2.05) is 20.8 Å². The van der Waals surface area contributed by atoms with E-state index >= 15 is 0 Å². The summed E-state index contributed by atoms with van der Waals surface area (Å²) in [5.41, 5.74) is 5.54. The molecule has 0 aliphatic rings. The van der Waals surface area contributed by atoms with Gasteiger partial charge in [-0.1, -0.05) is 0 Å². The van der Waals surface area contributed by atoms with Crippen LogP contribution in [0.5, 0.6) is 0 Å². The zero-order valence-corrected chi connectivity index (χ0v) is 12.8. The molecule has 0 bridgehead atoms. The molecule has 0 aliphatic carbocycles. The van der Waals surface area contributed by atoms with Crippen LogP contribution in [-0.4, -0.2) is 43.4 Å². The lowest BCUT2D eigenvalue weighted by Crippen LogP contribution is -2.47. The molecule has 0 spiro atoms. The highest BCUT2D eigenvalue weighted by atomic mass is 32.2. The van der Waals surface area contributed by atoms with Crippen LogP contribution in [0, 0.1) is 0 Å². The molecule has 0 radical (unpaired) electrons. The van der Waals surface area contributed by atoms with Crippen molar-refractivity contribution in [2.75, 3.05) is 19.4 Å². The molecule has 1 heterocycles. The predicted molar refractivity (Wildman–Crippen MR) is 76.5 cm³/mol. The van der Waals surface area contributed by atoms with Crippen molar-refractivity contribution in [2.24, 2.45) is 5.73 Å². The average Bonchev–Trinajstić information content (AvgIpc) is 2.28. The third kappa shape index (κ3) is 3.65. The maximum absolute atomic E-state index is 11.9. The van der Waals surface area contributed by atoms with Gasteiger partial charge >= 0.3 is 0 Å². The molecule has 0 saturated carbocycles. The van der Waals surface area contributed by atoms with Crippen molar-refractivity contribution >= 4 is 15.8 Å². The van der Waals surface area contributed by atoms with Gasteiger partial charge in [-0.25, -0.2) is 17.7 Å². The summed E-state index contributed by atoms with van der Waals surface area (Å²) in [7, 11) is -0.462. The molecule has 6 nitrogen and oxygen atoms in total. The molecular weight excluding hydrogens is 264 g/mol. The van der Waals surface area contributed by atoms with Crippen LogP contribution in [0.4, 0.5) is 5.82 Å². The van der Waals surface area contributed by atoms with Crippen molar-refractivity contribution in [3.8, 4) is 0 Å². The summed E-state index contributed by atoms with van der Waals surface area (Å²) in [4.78, 5) is 4.29. The summed E-state index contributed by atoms with van der Waals surface area (Å²) < 4.78 is 24.9. The number of nitrogens with zero attached hydrogens (tertiary/aromatic N) is 2. The summed E-state index contributed by atoms with van der Waals surface area (Å²) >= 11 is 0. The van der Waals surface area contributed by atoms with Crippen molar-refractivity contribution in [1.29, 1.82) is 0 Å². The fourth-order valence-corrected chi connectivity index (χ4v) is 2.11. The van der Waals surface area contributed by atoms with Gasteiger partial charge in [0.05, 0.1) is 0 Å². The number of rotatable bonds is 5. The largest absolute Gasteiger partial charge is 0.364 e. The maximum Gasteiger partial charge on any atom is 0.244 e. The van der Waals surface area contributed by atoms with Crippen LogP contribution in [-0.2, 0) is 10.0 Å². The van der Waals surface area contributed by atoms with Crippen molar-refractivity contribution in [1.82, 2.24) is 9.29 Å². The first-order valence-corrected chi connectivity index (χ1v) is 7.44. The van der Waals surface area contributed by atoms with Crippen molar-refractivity contribution in [3.05, 3.63) is 18.3 Å². The van der Waals surface area contributed by atoms with Crippen LogP contribution in [0.1, 0.15) is 20.8 Å². The first-order chi connectivity index (χ1) is 8.57. The topological polar surface area (TPSA) is 88.3 Å². The second-order valence-electron chi connectivity index (χ2n) is 5.30. The highest BCUT2D eigenvalue weighted by molar-refractivity contribution is 7.89. The SMILES string of the molecule is CC(N)C(C)(C)Nc1ccc(S(=O)(=O)N(C)C)cn1. The highest BCUT2D eigenvalue weighted by Gasteiger charge is 2.23. The Morgan fingerprint density at radius 2 is 1.95 bits per heavy atom. The molecule has 0 fully saturated rings.